The number of likely N-dealkylation sites (tertiary alicyclic amines) is 1. The zero-order chi connectivity index (χ0) is 9.47. The first-order valence-corrected chi connectivity index (χ1v) is 4.88. The number of carbonyl (C=O) groups is 1. The zero-order valence-electron chi connectivity index (χ0n) is 7.70. The number of hydrogen-bond donors (Lipinski definition) is 2. The maximum absolute atomic E-state index is 11.8. The van der Waals surface area contributed by atoms with E-state index in [1.165, 1.54) is 0 Å². The van der Waals surface area contributed by atoms with Crippen LogP contribution in [0.4, 0.5) is 0 Å². The highest BCUT2D eigenvalue weighted by Gasteiger charge is 2.49. The zero-order valence-corrected chi connectivity index (χ0v) is 7.70. The number of amides is 1. The highest BCUT2D eigenvalue weighted by Crippen LogP contribution is 2.36. The van der Waals surface area contributed by atoms with E-state index in [0.29, 0.717) is 0 Å². The van der Waals surface area contributed by atoms with Gasteiger partial charge in [0.15, 0.2) is 0 Å². The van der Waals surface area contributed by atoms with Gasteiger partial charge >= 0.3 is 0 Å². The number of carbonyl (C=O) groups excluding carboxylic acids is 1. The van der Waals surface area contributed by atoms with Gasteiger partial charge in [0.1, 0.15) is 0 Å². The Morgan fingerprint density at radius 1 is 1.62 bits per heavy atom. The normalized spacial score (nSPS) is 30.6. The molecule has 0 bridgehead atoms. The van der Waals surface area contributed by atoms with Crippen molar-refractivity contribution >= 4 is 5.91 Å². The lowest BCUT2D eigenvalue weighted by Gasteiger charge is -2.25. The summed E-state index contributed by atoms with van der Waals surface area (Å²) in [5.74, 6) is 0.0454. The molecular formula is C9H16N2O2. The van der Waals surface area contributed by atoms with Crippen LogP contribution < -0.4 is 5.73 Å². The van der Waals surface area contributed by atoms with Gasteiger partial charge < -0.3 is 15.7 Å². The third-order valence-electron chi connectivity index (χ3n) is 3.06. The fraction of sp³-hybridized carbons (Fsp3) is 0.889. The number of aliphatic hydroxyl groups is 1. The van der Waals surface area contributed by atoms with Crippen LogP contribution in [0.25, 0.3) is 0 Å². The summed E-state index contributed by atoms with van der Waals surface area (Å²) >= 11 is 0. The van der Waals surface area contributed by atoms with Gasteiger partial charge in [0, 0.05) is 6.54 Å². The number of aliphatic hydroxyl groups excluding tert-OH is 1. The van der Waals surface area contributed by atoms with Gasteiger partial charge in [-0.05, 0) is 25.7 Å². The minimum absolute atomic E-state index is 0.0218. The molecule has 2 rings (SSSR count). The van der Waals surface area contributed by atoms with E-state index < -0.39 is 5.54 Å². The van der Waals surface area contributed by atoms with Gasteiger partial charge in [-0.25, -0.2) is 0 Å². The highest BCUT2D eigenvalue weighted by molar-refractivity contribution is 5.89. The molecule has 0 aromatic rings. The average molecular weight is 184 g/mol. The van der Waals surface area contributed by atoms with Gasteiger partial charge in [0.25, 0.3) is 0 Å². The van der Waals surface area contributed by atoms with Gasteiger partial charge in [-0.1, -0.05) is 0 Å². The first-order chi connectivity index (χ1) is 6.17. The van der Waals surface area contributed by atoms with E-state index in [1.54, 1.807) is 4.90 Å². The van der Waals surface area contributed by atoms with E-state index in [2.05, 4.69) is 0 Å². The van der Waals surface area contributed by atoms with Crippen LogP contribution in [0.2, 0.25) is 0 Å². The van der Waals surface area contributed by atoms with Gasteiger partial charge in [-0.15, -0.1) is 0 Å². The Bertz CT molecular complexity index is 226. The summed E-state index contributed by atoms with van der Waals surface area (Å²) in [7, 11) is 0. The molecule has 1 saturated carbocycles. The molecule has 1 aliphatic heterocycles. The Labute approximate surface area is 77.7 Å². The number of hydrogen-bond acceptors (Lipinski definition) is 3. The average Bonchev–Trinajstić information content (AvgIpc) is 2.71. The van der Waals surface area contributed by atoms with Crippen molar-refractivity contribution in [3.8, 4) is 0 Å². The van der Waals surface area contributed by atoms with Crippen molar-refractivity contribution < 1.29 is 9.90 Å². The van der Waals surface area contributed by atoms with Crippen LogP contribution in [0.5, 0.6) is 0 Å². The first kappa shape index (κ1) is 8.97. The second-order valence-corrected chi connectivity index (χ2v) is 4.13. The Balaban J connectivity index is 2.03. The second-order valence-electron chi connectivity index (χ2n) is 4.13. The molecule has 4 nitrogen and oxygen atoms in total. The molecule has 4 heteroatoms. The Kier molecular flexibility index (Phi) is 2.04. The summed E-state index contributed by atoms with van der Waals surface area (Å²) in [5.41, 5.74) is 5.24. The maximum Gasteiger partial charge on any atom is 0.242 e. The predicted molar refractivity (Wildman–Crippen MR) is 48.0 cm³/mol. The van der Waals surface area contributed by atoms with Crippen molar-refractivity contribution in [1.82, 2.24) is 4.90 Å². The van der Waals surface area contributed by atoms with Crippen molar-refractivity contribution in [1.29, 1.82) is 0 Å². The standard InChI is InChI=1S/C9H16N2O2/c10-9(3-4-9)8(13)11-5-1-2-7(11)6-12/h7,12H,1-6,10H2/t7-/m1/s1. The SMILES string of the molecule is NC1(C(=O)N2CCC[C@@H]2CO)CC1. The van der Waals surface area contributed by atoms with E-state index >= 15 is 0 Å². The molecular weight excluding hydrogens is 168 g/mol. The van der Waals surface area contributed by atoms with Crippen molar-refractivity contribution in [3.05, 3.63) is 0 Å². The van der Waals surface area contributed by atoms with Gasteiger partial charge in [0.05, 0.1) is 18.2 Å². The lowest BCUT2D eigenvalue weighted by Crippen LogP contribution is -2.48. The molecule has 1 aliphatic carbocycles. The molecule has 13 heavy (non-hydrogen) atoms. The molecule has 3 N–H and O–H groups in total. The van der Waals surface area contributed by atoms with Crippen LogP contribution in [0, 0.1) is 0 Å². The Morgan fingerprint density at radius 3 is 2.85 bits per heavy atom. The van der Waals surface area contributed by atoms with Crippen LogP contribution in [-0.2, 0) is 4.79 Å². The molecule has 0 radical (unpaired) electrons. The predicted octanol–water partition coefficient (Wildman–Crippen LogP) is -0.539. The number of rotatable bonds is 2. The van der Waals surface area contributed by atoms with Crippen LogP contribution in [0.15, 0.2) is 0 Å². The summed E-state index contributed by atoms with van der Waals surface area (Å²) < 4.78 is 0. The molecule has 1 heterocycles. The topological polar surface area (TPSA) is 66.6 Å². The van der Waals surface area contributed by atoms with E-state index in [0.717, 1.165) is 32.2 Å². The van der Waals surface area contributed by atoms with E-state index in [-0.39, 0.29) is 18.6 Å². The van der Waals surface area contributed by atoms with Gasteiger partial charge in [-0.3, -0.25) is 4.79 Å². The summed E-state index contributed by atoms with van der Waals surface area (Å²) in [6.07, 6.45) is 3.52. The van der Waals surface area contributed by atoms with Crippen LogP contribution in [-0.4, -0.2) is 40.6 Å². The minimum atomic E-state index is -0.572. The van der Waals surface area contributed by atoms with Crippen LogP contribution >= 0.6 is 0 Å². The summed E-state index contributed by atoms with van der Waals surface area (Å²) in [6.45, 7) is 0.838. The van der Waals surface area contributed by atoms with Gasteiger partial charge in [-0.2, -0.15) is 0 Å². The van der Waals surface area contributed by atoms with Crippen LogP contribution in [0.3, 0.4) is 0 Å². The van der Waals surface area contributed by atoms with Gasteiger partial charge in [0.2, 0.25) is 5.91 Å². The lowest BCUT2D eigenvalue weighted by atomic mass is 10.2. The molecule has 1 saturated heterocycles. The molecule has 2 fully saturated rings. The fourth-order valence-electron chi connectivity index (χ4n) is 1.93. The summed E-state index contributed by atoms with van der Waals surface area (Å²) in [6, 6.07) is 0.0218. The van der Waals surface area contributed by atoms with Crippen molar-refractivity contribution in [2.45, 2.75) is 37.3 Å². The Hall–Kier alpha value is -0.610. The Morgan fingerprint density at radius 2 is 2.31 bits per heavy atom. The van der Waals surface area contributed by atoms with Crippen molar-refractivity contribution in [2.24, 2.45) is 5.73 Å². The molecule has 0 unspecified atom stereocenters. The third kappa shape index (κ3) is 1.44. The summed E-state index contributed by atoms with van der Waals surface area (Å²) in [5, 5.41) is 9.04. The molecule has 2 aliphatic rings. The molecule has 0 aromatic carbocycles. The van der Waals surface area contributed by atoms with Crippen molar-refractivity contribution in [2.75, 3.05) is 13.2 Å². The van der Waals surface area contributed by atoms with Crippen LogP contribution in [0.1, 0.15) is 25.7 Å². The monoisotopic (exact) mass is 184 g/mol. The van der Waals surface area contributed by atoms with E-state index in [9.17, 15) is 4.79 Å². The highest BCUT2D eigenvalue weighted by atomic mass is 16.3. The van der Waals surface area contributed by atoms with E-state index in [4.69, 9.17) is 10.8 Å². The maximum atomic E-state index is 11.8. The second kappa shape index (κ2) is 2.96. The number of nitrogens with zero attached hydrogens (tertiary/aromatic N) is 1. The largest absolute Gasteiger partial charge is 0.394 e. The van der Waals surface area contributed by atoms with Crippen molar-refractivity contribution in [3.63, 3.8) is 0 Å². The first-order valence-electron chi connectivity index (χ1n) is 4.88. The molecule has 1 atom stereocenters. The number of nitrogens with two attached hydrogens (primary N) is 1. The quantitative estimate of drug-likeness (QED) is 0.605. The third-order valence-corrected chi connectivity index (χ3v) is 3.06. The van der Waals surface area contributed by atoms with E-state index in [1.807, 2.05) is 0 Å². The lowest BCUT2D eigenvalue weighted by molar-refractivity contribution is -0.135. The smallest absolute Gasteiger partial charge is 0.242 e. The minimum Gasteiger partial charge on any atom is -0.394 e. The molecule has 0 aromatic heterocycles. The summed E-state index contributed by atoms with van der Waals surface area (Å²) in [4.78, 5) is 13.5. The molecule has 1 amide bonds. The fourth-order valence-corrected chi connectivity index (χ4v) is 1.93. The molecule has 0 spiro atoms. The molecule has 74 valence electrons.